The van der Waals surface area contributed by atoms with Crippen LogP contribution in [0.25, 0.3) is 6.08 Å². The van der Waals surface area contributed by atoms with Crippen LogP contribution in [0.15, 0.2) is 54.9 Å². The maximum atomic E-state index is 12.5. The molecule has 2 N–H and O–H groups in total. The van der Waals surface area contributed by atoms with E-state index in [9.17, 15) is 9.59 Å². The number of aromatic nitrogens is 1. The zero-order chi connectivity index (χ0) is 19.1. The molecule has 0 spiro atoms. The van der Waals surface area contributed by atoms with E-state index >= 15 is 0 Å². The van der Waals surface area contributed by atoms with Crippen molar-refractivity contribution in [2.24, 2.45) is 0 Å². The zero-order valence-electron chi connectivity index (χ0n) is 14.7. The Balaban J connectivity index is 1.59. The monoisotopic (exact) mass is 367 g/mol. The van der Waals surface area contributed by atoms with Gasteiger partial charge in [-0.2, -0.15) is 0 Å². The average Bonchev–Trinajstić information content (AvgIpc) is 2.73. The van der Waals surface area contributed by atoms with Crippen molar-refractivity contribution in [3.8, 4) is 5.75 Å². The summed E-state index contributed by atoms with van der Waals surface area (Å²) in [6.07, 6.45) is 7.48. The van der Waals surface area contributed by atoms with Gasteiger partial charge in [0.15, 0.2) is 0 Å². The Morgan fingerprint density at radius 1 is 1.19 bits per heavy atom. The van der Waals surface area contributed by atoms with Crippen molar-refractivity contribution in [1.29, 1.82) is 0 Å². The number of nitrogens with zero attached hydrogens (tertiary/aromatic N) is 2. The Labute approximate surface area is 157 Å². The fourth-order valence-corrected chi connectivity index (χ4v) is 2.96. The second kappa shape index (κ2) is 8.95. The third-order valence-electron chi connectivity index (χ3n) is 4.37. The van der Waals surface area contributed by atoms with Gasteiger partial charge in [0.2, 0.25) is 0 Å². The highest BCUT2D eigenvalue weighted by Gasteiger charge is 2.25. The number of amides is 2. The van der Waals surface area contributed by atoms with E-state index in [1.54, 1.807) is 36.1 Å². The third-order valence-corrected chi connectivity index (χ3v) is 4.37. The van der Waals surface area contributed by atoms with Crippen molar-refractivity contribution in [3.05, 3.63) is 66.0 Å². The fraction of sp³-hybridized carbons (Fsp3) is 0.250. The smallest absolute Gasteiger partial charge is 0.267 e. The number of ether oxygens (including phenoxy) is 1. The van der Waals surface area contributed by atoms with Gasteiger partial charge in [0, 0.05) is 50.0 Å². The molecule has 140 valence electrons. The molecule has 27 heavy (non-hydrogen) atoms. The second-order valence-electron chi connectivity index (χ2n) is 6.20. The van der Waals surface area contributed by atoms with E-state index in [1.807, 2.05) is 29.2 Å². The van der Waals surface area contributed by atoms with E-state index < -0.39 is 5.91 Å². The number of carbonyl (C=O) groups is 2. The SMILES string of the molecule is O=C(/C=C/c1ccccc1OC1CCN(C(=O)c2cccnc2)CC1)NO. The standard InChI is InChI=1S/C20H21N3O4/c24-19(22-26)8-7-15-4-1-2-6-18(15)27-17-9-12-23(13-10-17)20(25)16-5-3-11-21-14-16/h1-8,11,14,17,26H,9-10,12-13H2,(H,22,24)/b8-7+. The maximum Gasteiger partial charge on any atom is 0.267 e. The number of benzene rings is 1. The van der Waals surface area contributed by atoms with Crippen LogP contribution in [0.3, 0.4) is 0 Å². The Hall–Kier alpha value is -3.19. The number of para-hydroxylation sites is 1. The number of hydrogen-bond donors (Lipinski definition) is 2. The number of hydroxylamine groups is 1. The first kappa shape index (κ1) is 18.6. The molecule has 0 atom stereocenters. The summed E-state index contributed by atoms with van der Waals surface area (Å²) >= 11 is 0. The molecular weight excluding hydrogens is 346 g/mol. The molecule has 0 aliphatic carbocycles. The van der Waals surface area contributed by atoms with E-state index in [0.717, 1.165) is 18.4 Å². The lowest BCUT2D eigenvalue weighted by atomic mass is 10.1. The molecule has 0 radical (unpaired) electrons. The van der Waals surface area contributed by atoms with Crippen LogP contribution in [0.1, 0.15) is 28.8 Å². The lowest BCUT2D eigenvalue weighted by Crippen LogP contribution is -2.41. The van der Waals surface area contributed by atoms with Crippen LogP contribution in [0.5, 0.6) is 5.75 Å². The number of likely N-dealkylation sites (tertiary alicyclic amines) is 1. The van der Waals surface area contributed by atoms with Gasteiger partial charge in [-0.3, -0.25) is 19.8 Å². The number of carbonyl (C=O) groups excluding carboxylic acids is 2. The first-order chi connectivity index (χ1) is 13.2. The number of hydrogen-bond acceptors (Lipinski definition) is 5. The van der Waals surface area contributed by atoms with E-state index in [-0.39, 0.29) is 12.0 Å². The van der Waals surface area contributed by atoms with E-state index in [4.69, 9.17) is 9.94 Å². The van der Waals surface area contributed by atoms with Crippen LogP contribution >= 0.6 is 0 Å². The van der Waals surface area contributed by atoms with Crippen LogP contribution in [-0.4, -0.2) is 46.1 Å². The van der Waals surface area contributed by atoms with Gasteiger partial charge in [0.1, 0.15) is 11.9 Å². The van der Waals surface area contributed by atoms with Crippen molar-refractivity contribution in [2.75, 3.05) is 13.1 Å². The van der Waals surface area contributed by atoms with Gasteiger partial charge >= 0.3 is 0 Å². The molecule has 7 heteroatoms. The van der Waals surface area contributed by atoms with Crippen LogP contribution in [0.4, 0.5) is 0 Å². The first-order valence-electron chi connectivity index (χ1n) is 8.74. The van der Waals surface area contributed by atoms with Gasteiger partial charge < -0.3 is 9.64 Å². The molecule has 7 nitrogen and oxygen atoms in total. The lowest BCUT2D eigenvalue weighted by Gasteiger charge is -2.32. The lowest BCUT2D eigenvalue weighted by molar-refractivity contribution is -0.124. The number of piperidine rings is 1. The Kier molecular flexibility index (Phi) is 6.17. The van der Waals surface area contributed by atoms with Crippen molar-refractivity contribution in [2.45, 2.75) is 18.9 Å². The molecule has 0 unspecified atom stereocenters. The third kappa shape index (κ3) is 4.92. The summed E-state index contributed by atoms with van der Waals surface area (Å²) < 4.78 is 6.09. The Morgan fingerprint density at radius 3 is 2.67 bits per heavy atom. The number of nitrogens with one attached hydrogen (secondary N) is 1. The normalized spacial score (nSPS) is 14.9. The van der Waals surface area contributed by atoms with Gasteiger partial charge in [0.25, 0.3) is 11.8 Å². The molecular formula is C20H21N3O4. The van der Waals surface area contributed by atoms with E-state index in [2.05, 4.69) is 4.98 Å². The van der Waals surface area contributed by atoms with Gasteiger partial charge in [-0.05, 0) is 24.3 Å². The summed E-state index contributed by atoms with van der Waals surface area (Å²) in [6, 6.07) is 10.9. The molecule has 1 aliphatic rings. The van der Waals surface area contributed by atoms with Crippen LogP contribution < -0.4 is 10.2 Å². The predicted octanol–water partition coefficient (Wildman–Crippen LogP) is 2.28. The summed E-state index contributed by atoms with van der Waals surface area (Å²) in [4.78, 5) is 29.5. The molecule has 0 bridgehead atoms. The van der Waals surface area contributed by atoms with Gasteiger partial charge in [0.05, 0.1) is 5.56 Å². The highest BCUT2D eigenvalue weighted by atomic mass is 16.5. The minimum atomic E-state index is -0.605. The maximum absolute atomic E-state index is 12.5. The zero-order valence-corrected chi connectivity index (χ0v) is 14.7. The van der Waals surface area contributed by atoms with Crippen LogP contribution in [0, 0.1) is 0 Å². The molecule has 2 aromatic rings. The number of rotatable bonds is 5. The summed E-state index contributed by atoms with van der Waals surface area (Å²) in [5.41, 5.74) is 2.89. The molecule has 1 aromatic carbocycles. The summed E-state index contributed by atoms with van der Waals surface area (Å²) in [7, 11) is 0. The van der Waals surface area contributed by atoms with Gasteiger partial charge in [-0.15, -0.1) is 0 Å². The minimum absolute atomic E-state index is 0.0100. The topological polar surface area (TPSA) is 91.8 Å². The van der Waals surface area contributed by atoms with Crippen molar-refractivity contribution >= 4 is 17.9 Å². The second-order valence-corrected chi connectivity index (χ2v) is 6.20. The molecule has 1 fully saturated rings. The Bertz CT molecular complexity index is 815. The molecule has 2 amide bonds. The molecule has 1 aromatic heterocycles. The van der Waals surface area contributed by atoms with Crippen molar-refractivity contribution in [1.82, 2.24) is 15.4 Å². The van der Waals surface area contributed by atoms with E-state index in [0.29, 0.717) is 24.4 Å². The minimum Gasteiger partial charge on any atom is -0.490 e. The fourth-order valence-electron chi connectivity index (χ4n) is 2.96. The van der Waals surface area contributed by atoms with Gasteiger partial charge in [-0.25, -0.2) is 5.48 Å². The molecule has 1 aliphatic heterocycles. The first-order valence-corrected chi connectivity index (χ1v) is 8.74. The average molecular weight is 367 g/mol. The van der Waals surface area contributed by atoms with Crippen molar-refractivity contribution < 1.29 is 19.5 Å². The number of pyridine rings is 1. The highest BCUT2D eigenvalue weighted by molar-refractivity contribution is 5.94. The summed E-state index contributed by atoms with van der Waals surface area (Å²) in [5.74, 6) is 0.0449. The van der Waals surface area contributed by atoms with Gasteiger partial charge in [-0.1, -0.05) is 18.2 Å². The van der Waals surface area contributed by atoms with Crippen LogP contribution in [0.2, 0.25) is 0 Å². The largest absolute Gasteiger partial charge is 0.490 e. The molecule has 0 saturated carbocycles. The summed E-state index contributed by atoms with van der Waals surface area (Å²) in [6.45, 7) is 1.23. The molecule has 2 heterocycles. The Morgan fingerprint density at radius 2 is 1.96 bits per heavy atom. The summed E-state index contributed by atoms with van der Waals surface area (Å²) in [5, 5.41) is 8.58. The molecule has 1 saturated heterocycles. The molecule has 3 rings (SSSR count). The van der Waals surface area contributed by atoms with Crippen molar-refractivity contribution in [3.63, 3.8) is 0 Å². The quantitative estimate of drug-likeness (QED) is 0.481. The predicted molar refractivity (Wildman–Crippen MR) is 99.2 cm³/mol. The van der Waals surface area contributed by atoms with E-state index in [1.165, 1.54) is 6.08 Å². The van der Waals surface area contributed by atoms with Crippen LogP contribution in [-0.2, 0) is 4.79 Å². The highest BCUT2D eigenvalue weighted by Crippen LogP contribution is 2.24.